The molecule has 1 N–H and O–H groups in total. The SMILES string of the molecule is CCOC(=O)c1ccc(NC(=O)N(CCOC)Cc2cccn2Cc2ccccc2)cc1. The van der Waals surface area contributed by atoms with Crippen molar-refractivity contribution in [3.8, 4) is 0 Å². The summed E-state index contributed by atoms with van der Waals surface area (Å²) >= 11 is 0. The maximum absolute atomic E-state index is 13.0. The van der Waals surface area contributed by atoms with Crippen molar-refractivity contribution in [3.05, 3.63) is 89.7 Å². The van der Waals surface area contributed by atoms with Gasteiger partial charge in [-0.05, 0) is 48.9 Å². The van der Waals surface area contributed by atoms with Gasteiger partial charge in [0, 0.05) is 37.8 Å². The lowest BCUT2D eigenvalue weighted by Crippen LogP contribution is -2.37. The fourth-order valence-electron chi connectivity index (χ4n) is 3.28. The lowest BCUT2D eigenvalue weighted by atomic mass is 10.2. The molecule has 1 aromatic heterocycles. The van der Waals surface area contributed by atoms with Gasteiger partial charge in [0.15, 0.2) is 0 Å². The molecule has 0 bridgehead atoms. The van der Waals surface area contributed by atoms with E-state index in [2.05, 4.69) is 22.0 Å². The summed E-state index contributed by atoms with van der Waals surface area (Å²) in [5, 5.41) is 2.90. The molecule has 0 fully saturated rings. The molecule has 0 atom stereocenters. The zero-order valence-corrected chi connectivity index (χ0v) is 18.5. The van der Waals surface area contributed by atoms with E-state index < -0.39 is 0 Å². The van der Waals surface area contributed by atoms with Gasteiger partial charge in [-0.25, -0.2) is 9.59 Å². The molecule has 2 aromatic carbocycles. The van der Waals surface area contributed by atoms with E-state index in [1.165, 1.54) is 5.56 Å². The van der Waals surface area contributed by atoms with Crippen molar-refractivity contribution < 1.29 is 19.1 Å². The van der Waals surface area contributed by atoms with Gasteiger partial charge in [-0.1, -0.05) is 30.3 Å². The highest BCUT2D eigenvalue weighted by Crippen LogP contribution is 2.14. The number of aromatic nitrogens is 1. The molecule has 1 heterocycles. The zero-order valence-electron chi connectivity index (χ0n) is 18.5. The molecule has 0 aliphatic carbocycles. The first-order valence-corrected chi connectivity index (χ1v) is 10.6. The molecule has 2 amide bonds. The Morgan fingerprint density at radius 3 is 2.44 bits per heavy atom. The highest BCUT2D eigenvalue weighted by molar-refractivity contribution is 5.92. The van der Waals surface area contributed by atoms with E-state index in [1.807, 2.05) is 36.5 Å². The minimum atomic E-state index is -0.383. The number of benzene rings is 2. The molecule has 0 saturated carbocycles. The molecule has 0 radical (unpaired) electrons. The zero-order chi connectivity index (χ0) is 22.8. The summed E-state index contributed by atoms with van der Waals surface area (Å²) in [5.74, 6) is -0.383. The maximum atomic E-state index is 13.0. The van der Waals surface area contributed by atoms with Crippen LogP contribution in [0.15, 0.2) is 72.9 Å². The summed E-state index contributed by atoms with van der Waals surface area (Å²) in [6.45, 7) is 4.12. The Hall–Kier alpha value is -3.58. The van der Waals surface area contributed by atoms with Gasteiger partial charge in [-0.3, -0.25) is 0 Å². The molecular formula is C25H29N3O4. The van der Waals surface area contributed by atoms with Gasteiger partial charge < -0.3 is 24.3 Å². The molecule has 3 rings (SSSR count). The normalized spacial score (nSPS) is 10.6. The minimum Gasteiger partial charge on any atom is -0.462 e. The summed E-state index contributed by atoms with van der Waals surface area (Å²) in [6, 6.07) is 20.6. The van der Waals surface area contributed by atoms with E-state index in [1.54, 1.807) is 43.2 Å². The van der Waals surface area contributed by atoms with Crippen LogP contribution in [0, 0.1) is 0 Å². The van der Waals surface area contributed by atoms with Crippen LogP contribution in [0.2, 0.25) is 0 Å². The maximum Gasteiger partial charge on any atom is 0.338 e. The number of anilines is 1. The number of urea groups is 1. The van der Waals surface area contributed by atoms with E-state index in [4.69, 9.17) is 9.47 Å². The van der Waals surface area contributed by atoms with Crippen LogP contribution in [0.5, 0.6) is 0 Å². The summed E-state index contributed by atoms with van der Waals surface area (Å²) in [7, 11) is 1.61. The van der Waals surface area contributed by atoms with Gasteiger partial charge >= 0.3 is 12.0 Å². The topological polar surface area (TPSA) is 72.8 Å². The number of carbonyl (C=O) groups excluding carboxylic acids is 2. The third-order valence-electron chi connectivity index (χ3n) is 4.97. The second-order valence-electron chi connectivity index (χ2n) is 7.26. The van der Waals surface area contributed by atoms with Crippen molar-refractivity contribution in [2.75, 3.05) is 32.2 Å². The van der Waals surface area contributed by atoms with Crippen LogP contribution >= 0.6 is 0 Å². The predicted molar refractivity (Wildman–Crippen MR) is 124 cm³/mol. The average Bonchev–Trinajstić information content (AvgIpc) is 3.24. The van der Waals surface area contributed by atoms with E-state index in [9.17, 15) is 9.59 Å². The number of methoxy groups -OCH3 is 1. The monoisotopic (exact) mass is 435 g/mol. The van der Waals surface area contributed by atoms with Gasteiger partial charge in [-0.2, -0.15) is 0 Å². The molecule has 0 aliphatic heterocycles. The van der Waals surface area contributed by atoms with E-state index in [0.717, 1.165) is 12.2 Å². The van der Waals surface area contributed by atoms with Crippen LogP contribution in [0.1, 0.15) is 28.5 Å². The van der Waals surface area contributed by atoms with E-state index in [-0.39, 0.29) is 12.0 Å². The number of carbonyl (C=O) groups is 2. The Balaban J connectivity index is 1.68. The second-order valence-corrected chi connectivity index (χ2v) is 7.26. The standard InChI is InChI=1S/C25H29N3O4/c1-3-32-24(29)21-11-13-22(14-12-21)26-25(30)28(16-17-31-2)19-23-10-7-15-27(23)18-20-8-5-4-6-9-20/h4-15H,3,16-19H2,1-2H3,(H,26,30). The number of ether oxygens (including phenoxy) is 2. The molecule has 0 aliphatic rings. The number of nitrogens with one attached hydrogen (secondary N) is 1. The Morgan fingerprint density at radius 2 is 1.75 bits per heavy atom. The molecule has 3 aromatic rings. The Morgan fingerprint density at radius 1 is 1.00 bits per heavy atom. The minimum absolute atomic E-state index is 0.238. The van der Waals surface area contributed by atoms with Crippen molar-refractivity contribution in [2.24, 2.45) is 0 Å². The van der Waals surface area contributed by atoms with Gasteiger partial charge in [0.05, 0.1) is 25.3 Å². The molecule has 7 heteroatoms. The lowest BCUT2D eigenvalue weighted by Gasteiger charge is -2.24. The first kappa shape index (κ1) is 23.1. The molecule has 32 heavy (non-hydrogen) atoms. The fraction of sp³-hybridized carbons (Fsp3) is 0.280. The highest BCUT2D eigenvalue weighted by atomic mass is 16.5. The van der Waals surface area contributed by atoms with E-state index in [0.29, 0.717) is 37.6 Å². The number of esters is 1. The quantitative estimate of drug-likeness (QED) is 0.479. The number of rotatable bonds is 10. The van der Waals surface area contributed by atoms with Crippen molar-refractivity contribution >= 4 is 17.7 Å². The first-order valence-electron chi connectivity index (χ1n) is 10.6. The molecular weight excluding hydrogens is 406 g/mol. The van der Waals surface area contributed by atoms with Gasteiger partial charge in [0.1, 0.15) is 0 Å². The number of amides is 2. The van der Waals surface area contributed by atoms with Crippen LogP contribution in [-0.2, 0) is 22.6 Å². The van der Waals surface area contributed by atoms with Crippen LogP contribution < -0.4 is 5.32 Å². The number of hydrogen-bond acceptors (Lipinski definition) is 4. The fourth-order valence-corrected chi connectivity index (χ4v) is 3.28. The van der Waals surface area contributed by atoms with Crippen molar-refractivity contribution in [2.45, 2.75) is 20.0 Å². The summed E-state index contributed by atoms with van der Waals surface area (Å²) < 4.78 is 12.3. The average molecular weight is 436 g/mol. The predicted octanol–water partition coefficient (Wildman–Crippen LogP) is 4.39. The largest absolute Gasteiger partial charge is 0.462 e. The van der Waals surface area contributed by atoms with Gasteiger partial charge in [0.2, 0.25) is 0 Å². The smallest absolute Gasteiger partial charge is 0.338 e. The molecule has 168 valence electrons. The van der Waals surface area contributed by atoms with E-state index >= 15 is 0 Å². The Bertz CT molecular complexity index is 1000. The molecule has 0 spiro atoms. The highest BCUT2D eigenvalue weighted by Gasteiger charge is 2.16. The Kier molecular flexibility index (Phi) is 8.45. The van der Waals surface area contributed by atoms with Crippen molar-refractivity contribution in [3.63, 3.8) is 0 Å². The van der Waals surface area contributed by atoms with Crippen LogP contribution in [0.3, 0.4) is 0 Å². The number of nitrogens with zero attached hydrogens (tertiary/aromatic N) is 2. The van der Waals surface area contributed by atoms with Crippen molar-refractivity contribution in [1.29, 1.82) is 0 Å². The third kappa shape index (κ3) is 6.46. The molecule has 7 nitrogen and oxygen atoms in total. The van der Waals surface area contributed by atoms with Gasteiger partial charge in [0.25, 0.3) is 0 Å². The lowest BCUT2D eigenvalue weighted by molar-refractivity contribution is 0.0526. The summed E-state index contributed by atoms with van der Waals surface area (Å²) in [6.07, 6.45) is 2.02. The van der Waals surface area contributed by atoms with Gasteiger partial charge in [-0.15, -0.1) is 0 Å². The van der Waals surface area contributed by atoms with Crippen molar-refractivity contribution in [1.82, 2.24) is 9.47 Å². The van der Waals surface area contributed by atoms with Crippen LogP contribution in [0.25, 0.3) is 0 Å². The summed E-state index contributed by atoms with van der Waals surface area (Å²) in [4.78, 5) is 26.5. The molecule has 0 unspecified atom stereocenters. The number of hydrogen-bond donors (Lipinski definition) is 1. The first-order chi connectivity index (χ1) is 15.6. The third-order valence-corrected chi connectivity index (χ3v) is 4.97. The second kappa shape index (κ2) is 11.7. The van der Waals surface area contributed by atoms with Crippen LogP contribution in [0.4, 0.5) is 10.5 Å². The summed E-state index contributed by atoms with van der Waals surface area (Å²) in [5.41, 5.74) is 3.27. The molecule has 0 saturated heterocycles. The Labute approximate surface area is 188 Å². The van der Waals surface area contributed by atoms with Crippen LogP contribution in [-0.4, -0.2) is 48.3 Å².